The Morgan fingerprint density at radius 1 is 1.22 bits per heavy atom. The monoisotopic (exact) mass is 258 g/mol. The van der Waals surface area contributed by atoms with Crippen LogP contribution in [0.1, 0.15) is 16.8 Å². The van der Waals surface area contributed by atoms with Crippen molar-refractivity contribution in [3.8, 4) is 5.75 Å². The predicted octanol–water partition coefficient (Wildman–Crippen LogP) is 1.20. The highest BCUT2D eigenvalue weighted by Crippen LogP contribution is 2.23. The standard InChI is InChI=1S/C11H8F2O5/c1-18-10-6(12)2-5(3-7(10)13)8(14)4-9(15)11(16)17/h2-3H,4H2,1H3,(H,16,17). The van der Waals surface area contributed by atoms with Gasteiger partial charge in [-0.05, 0) is 12.1 Å². The number of hydrogen-bond donors (Lipinski definition) is 1. The number of carboxylic acids is 1. The Morgan fingerprint density at radius 3 is 2.11 bits per heavy atom. The molecule has 0 aliphatic heterocycles. The molecule has 0 bridgehead atoms. The molecule has 5 nitrogen and oxygen atoms in total. The topological polar surface area (TPSA) is 80.7 Å². The molecule has 1 N–H and O–H groups in total. The minimum Gasteiger partial charge on any atom is -0.491 e. The van der Waals surface area contributed by atoms with Gasteiger partial charge in [0.05, 0.1) is 13.5 Å². The van der Waals surface area contributed by atoms with E-state index in [0.717, 1.165) is 7.11 Å². The second-order valence-corrected chi connectivity index (χ2v) is 3.30. The van der Waals surface area contributed by atoms with Crippen molar-refractivity contribution >= 4 is 17.5 Å². The van der Waals surface area contributed by atoms with E-state index in [2.05, 4.69) is 4.74 Å². The van der Waals surface area contributed by atoms with Crippen LogP contribution in [0.15, 0.2) is 12.1 Å². The summed E-state index contributed by atoms with van der Waals surface area (Å²) in [6, 6.07) is 1.36. The molecule has 7 heteroatoms. The van der Waals surface area contributed by atoms with Crippen LogP contribution in [0.5, 0.6) is 5.75 Å². The molecule has 0 radical (unpaired) electrons. The van der Waals surface area contributed by atoms with Crippen molar-refractivity contribution in [1.82, 2.24) is 0 Å². The normalized spacial score (nSPS) is 9.94. The first-order valence-corrected chi connectivity index (χ1v) is 4.69. The van der Waals surface area contributed by atoms with Crippen molar-refractivity contribution in [1.29, 1.82) is 0 Å². The first-order chi connectivity index (χ1) is 8.36. The summed E-state index contributed by atoms with van der Waals surface area (Å²) in [5.74, 6) is -6.99. The molecule has 0 amide bonds. The van der Waals surface area contributed by atoms with Crippen LogP contribution in [0, 0.1) is 11.6 Å². The Balaban J connectivity index is 3.01. The van der Waals surface area contributed by atoms with Gasteiger partial charge in [-0.1, -0.05) is 0 Å². The SMILES string of the molecule is COc1c(F)cc(C(=O)CC(=O)C(=O)O)cc1F. The van der Waals surface area contributed by atoms with Gasteiger partial charge in [-0.15, -0.1) is 0 Å². The number of benzene rings is 1. The van der Waals surface area contributed by atoms with E-state index in [1.54, 1.807) is 0 Å². The van der Waals surface area contributed by atoms with Gasteiger partial charge < -0.3 is 9.84 Å². The van der Waals surface area contributed by atoms with Gasteiger partial charge in [0.1, 0.15) is 0 Å². The number of Topliss-reactive ketones (excluding diaryl/α,β-unsaturated/α-hetero) is 2. The van der Waals surface area contributed by atoms with Gasteiger partial charge in [-0.2, -0.15) is 0 Å². The molecule has 0 aliphatic carbocycles. The third-order valence-corrected chi connectivity index (χ3v) is 2.08. The molecule has 1 rings (SSSR count). The fourth-order valence-corrected chi connectivity index (χ4v) is 1.24. The van der Waals surface area contributed by atoms with Crippen molar-refractivity contribution < 1.29 is 33.0 Å². The zero-order chi connectivity index (χ0) is 13.9. The molecular formula is C11H8F2O5. The molecular weight excluding hydrogens is 250 g/mol. The highest BCUT2D eigenvalue weighted by molar-refractivity contribution is 6.37. The maximum absolute atomic E-state index is 13.2. The van der Waals surface area contributed by atoms with Crippen LogP contribution in [0.4, 0.5) is 8.78 Å². The highest BCUT2D eigenvalue weighted by Gasteiger charge is 2.20. The van der Waals surface area contributed by atoms with Gasteiger partial charge in [-0.3, -0.25) is 9.59 Å². The molecule has 0 fully saturated rings. The molecule has 0 saturated carbocycles. The molecule has 1 aromatic carbocycles. The van der Waals surface area contributed by atoms with Gasteiger partial charge in [0.15, 0.2) is 23.2 Å². The van der Waals surface area contributed by atoms with Crippen LogP contribution in [0.2, 0.25) is 0 Å². The number of rotatable bonds is 5. The Morgan fingerprint density at radius 2 is 1.72 bits per heavy atom. The summed E-state index contributed by atoms with van der Waals surface area (Å²) in [6.45, 7) is 0. The van der Waals surface area contributed by atoms with Crippen molar-refractivity contribution in [2.75, 3.05) is 7.11 Å². The van der Waals surface area contributed by atoms with Gasteiger partial charge in [0, 0.05) is 5.56 Å². The summed E-state index contributed by atoms with van der Waals surface area (Å²) in [7, 11) is 1.05. The second kappa shape index (κ2) is 5.35. The minimum atomic E-state index is -1.78. The molecule has 0 aromatic heterocycles. The van der Waals surface area contributed by atoms with Crippen LogP contribution < -0.4 is 4.74 Å². The first kappa shape index (κ1) is 13.8. The molecule has 0 heterocycles. The summed E-state index contributed by atoms with van der Waals surface area (Å²) in [6.07, 6.45) is -0.958. The summed E-state index contributed by atoms with van der Waals surface area (Å²) in [5.41, 5.74) is -0.430. The van der Waals surface area contributed by atoms with E-state index in [1.807, 2.05) is 0 Å². The highest BCUT2D eigenvalue weighted by atomic mass is 19.1. The van der Waals surface area contributed by atoms with Crippen molar-refractivity contribution in [2.45, 2.75) is 6.42 Å². The largest absolute Gasteiger partial charge is 0.491 e. The van der Waals surface area contributed by atoms with Crippen molar-refractivity contribution in [3.63, 3.8) is 0 Å². The van der Waals surface area contributed by atoms with E-state index in [-0.39, 0.29) is 0 Å². The molecule has 0 atom stereocenters. The minimum absolute atomic E-state index is 0.430. The number of aliphatic carboxylic acids is 1. The lowest BCUT2D eigenvalue weighted by Gasteiger charge is -2.05. The van der Waals surface area contributed by atoms with Gasteiger partial charge in [0.2, 0.25) is 5.78 Å². The first-order valence-electron chi connectivity index (χ1n) is 4.69. The molecule has 0 saturated heterocycles. The van der Waals surface area contributed by atoms with Crippen LogP contribution in [-0.4, -0.2) is 29.8 Å². The lowest BCUT2D eigenvalue weighted by Crippen LogP contribution is -2.17. The number of carboxylic acid groups (broad SMARTS) is 1. The average Bonchev–Trinajstić information content (AvgIpc) is 2.28. The van der Waals surface area contributed by atoms with Crippen molar-refractivity contribution in [2.24, 2.45) is 0 Å². The zero-order valence-electron chi connectivity index (χ0n) is 9.20. The van der Waals surface area contributed by atoms with E-state index >= 15 is 0 Å². The number of halogens is 2. The molecule has 0 unspecified atom stereocenters. The summed E-state index contributed by atoms with van der Waals surface area (Å²) in [5, 5.41) is 8.30. The number of ketones is 2. The smallest absolute Gasteiger partial charge is 0.372 e. The maximum atomic E-state index is 13.2. The van der Waals surface area contributed by atoms with Gasteiger partial charge in [-0.25, -0.2) is 13.6 Å². The second-order valence-electron chi connectivity index (χ2n) is 3.30. The zero-order valence-corrected chi connectivity index (χ0v) is 9.20. The van der Waals surface area contributed by atoms with E-state index < -0.39 is 46.9 Å². The fourth-order valence-electron chi connectivity index (χ4n) is 1.24. The van der Waals surface area contributed by atoms with E-state index in [0.29, 0.717) is 12.1 Å². The van der Waals surface area contributed by atoms with Gasteiger partial charge in [0.25, 0.3) is 0 Å². The number of carbonyl (C=O) groups is 3. The molecule has 96 valence electrons. The number of hydrogen-bond acceptors (Lipinski definition) is 4. The number of methoxy groups -OCH3 is 1. The van der Waals surface area contributed by atoms with Crippen molar-refractivity contribution in [3.05, 3.63) is 29.3 Å². The lowest BCUT2D eigenvalue weighted by atomic mass is 10.1. The Hall–Kier alpha value is -2.31. The van der Waals surface area contributed by atoms with E-state index in [4.69, 9.17) is 5.11 Å². The predicted molar refractivity (Wildman–Crippen MR) is 54.5 cm³/mol. The molecule has 1 aromatic rings. The summed E-state index contributed by atoms with van der Waals surface area (Å²) >= 11 is 0. The maximum Gasteiger partial charge on any atom is 0.372 e. The van der Waals surface area contributed by atoms with Crippen LogP contribution in [-0.2, 0) is 9.59 Å². The van der Waals surface area contributed by atoms with Crippen LogP contribution >= 0.6 is 0 Å². The third kappa shape index (κ3) is 2.88. The number of carbonyl (C=O) groups excluding carboxylic acids is 2. The Bertz CT molecular complexity index is 501. The van der Waals surface area contributed by atoms with Crippen LogP contribution in [0.3, 0.4) is 0 Å². The lowest BCUT2D eigenvalue weighted by molar-refractivity contribution is -0.148. The van der Waals surface area contributed by atoms with E-state index in [9.17, 15) is 23.2 Å². The Kier molecular flexibility index (Phi) is 4.09. The van der Waals surface area contributed by atoms with Crippen LogP contribution in [0.25, 0.3) is 0 Å². The Labute approximate surface area is 100.0 Å². The summed E-state index contributed by atoms with van der Waals surface area (Å²) in [4.78, 5) is 32.4. The quantitative estimate of drug-likeness (QED) is 0.487. The molecule has 0 spiro atoms. The van der Waals surface area contributed by atoms with E-state index in [1.165, 1.54) is 0 Å². The average molecular weight is 258 g/mol. The molecule has 18 heavy (non-hydrogen) atoms. The molecule has 0 aliphatic rings. The summed E-state index contributed by atoms with van der Waals surface area (Å²) < 4.78 is 30.9. The fraction of sp³-hybridized carbons (Fsp3) is 0.182. The van der Waals surface area contributed by atoms with Gasteiger partial charge >= 0.3 is 5.97 Å². The third-order valence-electron chi connectivity index (χ3n) is 2.08. The number of ether oxygens (including phenoxy) is 1.